The van der Waals surface area contributed by atoms with Gasteiger partial charge in [-0.1, -0.05) is 11.2 Å². The molecule has 7 N–H and O–H groups in total. The summed E-state index contributed by atoms with van der Waals surface area (Å²) in [4.78, 5) is 28.7. The maximum absolute atomic E-state index is 12.5. The number of hydrogen-bond donors (Lipinski definition) is 7. The van der Waals surface area contributed by atoms with E-state index in [1.807, 2.05) is 0 Å². The molecule has 2 aromatic heterocycles. The number of nitrogens with zero attached hydrogens (tertiary/aromatic N) is 4. The quantitative estimate of drug-likeness (QED) is 0.188. The zero-order valence-electron chi connectivity index (χ0n) is 18.2. The van der Waals surface area contributed by atoms with Crippen LogP contribution in [-0.2, 0) is 11.4 Å². The van der Waals surface area contributed by atoms with Crippen LogP contribution in [0.3, 0.4) is 0 Å². The van der Waals surface area contributed by atoms with Crippen molar-refractivity contribution in [3.8, 4) is 17.2 Å². The number of carbonyl (C=O) groups excluding carboxylic acids is 2. The summed E-state index contributed by atoms with van der Waals surface area (Å²) >= 11 is 0. The summed E-state index contributed by atoms with van der Waals surface area (Å²) in [6.07, 6.45) is -1.99. The van der Waals surface area contributed by atoms with Crippen LogP contribution in [0.1, 0.15) is 29.2 Å². The van der Waals surface area contributed by atoms with Crippen molar-refractivity contribution in [2.75, 3.05) is 17.7 Å². The summed E-state index contributed by atoms with van der Waals surface area (Å²) in [6, 6.07) is 6.13. The first kappa shape index (κ1) is 24.0. The van der Waals surface area contributed by atoms with Gasteiger partial charge in [0.15, 0.2) is 23.1 Å². The molecule has 0 unspecified atom stereocenters. The fourth-order valence-corrected chi connectivity index (χ4v) is 3.10. The lowest BCUT2D eigenvalue weighted by atomic mass is 10.1. The van der Waals surface area contributed by atoms with Gasteiger partial charge in [-0.25, -0.2) is 0 Å². The molecule has 184 valence electrons. The number of methoxy groups -OCH3 is 1. The number of nitrogens with one attached hydrogen (secondary N) is 3. The minimum atomic E-state index is -3.51. The molecule has 0 aliphatic heterocycles. The maximum atomic E-state index is 12.5. The molecule has 0 radical (unpaired) electrons. The maximum Gasteiger partial charge on any atom is 0.369 e. The number of aliphatic hydroxyl groups is 4. The highest BCUT2D eigenvalue weighted by atomic mass is 16.7. The van der Waals surface area contributed by atoms with Crippen molar-refractivity contribution >= 4 is 29.0 Å². The smallest absolute Gasteiger partial charge is 0.369 e. The molecule has 3 aromatic rings. The third-order valence-electron chi connectivity index (χ3n) is 4.82. The molecule has 1 aliphatic rings. The second kappa shape index (κ2) is 9.59. The molecule has 0 bridgehead atoms. The third-order valence-corrected chi connectivity index (χ3v) is 4.82. The second-order valence-corrected chi connectivity index (χ2v) is 7.53. The molecule has 0 saturated heterocycles. The predicted octanol–water partition coefficient (Wildman–Crippen LogP) is -0.562. The molecule has 35 heavy (non-hydrogen) atoms. The highest BCUT2D eigenvalue weighted by Crippen LogP contribution is 2.38. The molecule has 0 atom stereocenters. The molecular weight excluding hydrogens is 466 g/mol. The standard InChI is InChI=1S/C20H21N7O8/c1-34-16-10(19-23-14(8-28)27-35-19)3-2-4-11(16)21-12-7-13(22-17(29)9-5-6-9)25-26-15(12)18(30)24-20(31,32)33/h2-4,7,9,28,31-33H,5-6,8H2,1H3,(H,24,30)(H2,21,22,25,29). The van der Waals surface area contributed by atoms with Crippen molar-refractivity contribution in [3.05, 3.63) is 35.8 Å². The Kier molecular flexibility index (Phi) is 6.57. The van der Waals surface area contributed by atoms with Gasteiger partial charge >= 0.3 is 6.10 Å². The minimum Gasteiger partial charge on any atom is -0.494 e. The van der Waals surface area contributed by atoms with Gasteiger partial charge < -0.3 is 40.3 Å². The summed E-state index contributed by atoms with van der Waals surface area (Å²) in [5.41, 5.74) is 0.187. The van der Waals surface area contributed by atoms with E-state index in [0.717, 1.165) is 12.8 Å². The van der Waals surface area contributed by atoms with Crippen LogP contribution in [0.2, 0.25) is 0 Å². The van der Waals surface area contributed by atoms with Crippen LogP contribution in [0.25, 0.3) is 11.5 Å². The van der Waals surface area contributed by atoms with Crippen molar-refractivity contribution in [1.82, 2.24) is 25.7 Å². The lowest BCUT2D eigenvalue weighted by molar-refractivity contribution is -0.323. The van der Waals surface area contributed by atoms with Crippen LogP contribution in [0, 0.1) is 5.92 Å². The molecule has 15 heteroatoms. The van der Waals surface area contributed by atoms with Gasteiger partial charge in [-0.05, 0) is 25.0 Å². The average Bonchev–Trinajstić information content (AvgIpc) is 3.55. The van der Waals surface area contributed by atoms with Gasteiger partial charge in [0, 0.05) is 12.0 Å². The normalized spacial score (nSPS) is 13.3. The Morgan fingerprint density at radius 3 is 2.60 bits per heavy atom. The SMILES string of the molecule is COc1c(Nc2cc(NC(=O)C3CC3)nnc2C(=O)NC(O)(O)O)cccc1-c1nc(CO)no1. The molecule has 2 heterocycles. The van der Waals surface area contributed by atoms with Crippen molar-refractivity contribution < 1.29 is 39.3 Å². The largest absolute Gasteiger partial charge is 0.494 e. The van der Waals surface area contributed by atoms with Gasteiger partial charge in [0.1, 0.15) is 6.61 Å². The predicted molar refractivity (Wildman–Crippen MR) is 116 cm³/mol. The Bertz CT molecular complexity index is 1250. The first-order valence-electron chi connectivity index (χ1n) is 10.2. The zero-order valence-corrected chi connectivity index (χ0v) is 18.2. The van der Waals surface area contributed by atoms with E-state index in [9.17, 15) is 14.7 Å². The Morgan fingerprint density at radius 2 is 1.97 bits per heavy atom. The second-order valence-electron chi connectivity index (χ2n) is 7.53. The summed E-state index contributed by atoms with van der Waals surface area (Å²) in [7, 11) is 1.38. The fraction of sp³-hybridized carbons (Fsp3) is 0.300. The molecule has 1 aromatic carbocycles. The van der Waals surface area contributed by atoms with E-state index >= 15 is 0 Å². The van der Waals surface area contributed by atoms with Crippen molar-refractivity contribution in [2.24, 2.45) is 5.92 Å². The van der Waals surface area contributed by atoms with Crippen LogP contribution < -0.4 is 20.7 Å². The third kappa shape index (κ3) is 5.67. The molecule has 1 fully saturated rings. The molecule has 0 spiro atoms. The topological polar surface area (TPSA) is 225 Å². The van der Waals surface area contributed by atoms with E-state index in [1.54, 1.807) is 18.2 Å². The van der Waals surface area contributed by atoms with E-state index < -0.39 is 24.3 Å². The number of benzene rings is 1. The molecule has 4 rings (SSSR count). The molecule has 2 amide bonds. The van der Waals surface area contributed by atoms with Crippen LogP contribution in [0.5, 0.6) is 5.75 Å². The summed E-state index contributed by atoms with van der Waals surface area (Å²) in [6.45, 7) is -0.428. The highest BCUT2D eigenvalue weighted by molar-refractivity contribution is 6.00. The molecule has 1 saturated carbocycles. The average molecular weight is 487 g/mol. The first-order valence-corrected chi connectivity index (χ1v) is 10.2. The lowest BCUT2D eigenvalue weighted by Crippen LogP contribution is -2.48. The first-order chi connectivity index (χ1) is 16.7. The number of para-hydroxylation sites is 1. The van der Waals surface area contributed by atoms with E-state index in [2.05, 4.69) is 31.0 Å². The van der Waals surface area contributed by atoms with Gasteiger partial charge in [-0.15, -0.1) is 10.2 Å². The summed E-state index contributed by atoms with van der Waals surface area (Å²) in [5, 5.41) is 54.8. The molecule has 1 aliphatic carbocycles. The number of aliphatic hydroxyl groups excluding tert-OH is 1. The number of aromatic nitrogens is 4. The van der Waals surface area contributed by atoms with Crippen LogP contribution in [0.15, 0.2) is 28.8 Å². The number of amides is 2. The lowest BCUT2D eigenvalue weighted by Gasteiger charge is -2.18. The minimum absolute atomic E-state index is 0.0233. The Hall–Kier alpha value is -4.18. The Balaban J connectivity index is 1.72. The van der Waals surface area contributed by atoms with Gasteiger partial charge in [0.2, 0.25) is 5.91 Å². The number of rotatable bonds is 9. The van der Waals surface area contributed by atoms with E-state index in [0.29, 0.717) is 11.3 Å². The zero-order chi connectivity index (χ0) is 25.2. The number of anilines is 3. The Labute approximate surface area is 196 Å². The van der Waals surface area contributed by atoms with Gasteiger partial charge in [-0.2, -0.15) is 4.98 Å². The van der Waals surface area contributed by atoms with Crippen LogP contribution >= 0.6 is 0 Å². The van der Waals surface area contributed by atoms with Crippen molar-refractivity contribution in [3.63, 3.8) is 0 Å². The van der Waals surface area contributed by atoms with E-state index in [-0.39, 0.29) is 40.8 Å². The number of carbonyl (C=O) groups is 2. The van der Waals surface area contributed by atoms with E-state index in [1.165, 1.54) is 18.5 Å². The molecular formula is C20H21N7O8. The van der Waals surface area contributed by atoms with Crippen molar-refractivity contribution in [2.45, 2.75) is 25.5 Å². The number of hydrogen-bond acceptors (Lipinski definition) is 13. The van der Waals surface area contributed by atoms with Crippen LogP contribution in [-0.4, -0.2) is 65.8 Å². The summed E-state index contributed by atoms with van der Waals surface area (Å²) < 4.78 is 10.6. The van der Waals surface area contributed by atoms with Crippen molar-refractivity contribution in [1.29, 1.82) is 0 Å². The number of ether oxygens (including phenoxy) is 1. The van der Waals surface area contributed by atoms with Crippen LogP contribution in [0.4, 0.5) is 17.2 Å². The van der Waals surface area contributed by atoms with Gasteiger partial charge in [0.05, 0.1) is 24.0 Å². The fourth-order valence-electron chi connectivity index (χ4n) is 3.10. The Morgan fingerprint density at radius 1 is 1.20 bits per heavy atom. The van der Waals surface area contributed by atoms with E-state index in [4.69, 9.17) is 24.6 Å². The van der Waals surface area contributed by atoms with Gasteiger partial charge in [0.25, 0.3) is 11.8 Å². The summed E-state index contributed by atoms with van der Waals surface area (Å²) in [5.74, 6) is -1.19. The van der Waals surface area contributed by atoms with Gasteiger partial charge in [-0.3, -0.25) is 14.9 Å². The monoisotopic (exact) mass is 487 g/mol. The molecule has 15 nitrogen and oxygen atoms in total. The highest BCUT2D eigenvalue weighted by Gasteiger charge is 2.31.